The zero-order valence-electron chi connectivity index (χ0n) is 19.9. The molecule has 6 nitrogen and oxygen atoms in total. The molecule has 0 atom stereocenters. The second-order valence-electron chi connectivity index (χ2n) is 9.07. The first kappa shape index (κ1) is 24.0. The van der Waals surface area contributed by atoms with Crippen LogP contribution in [0, 0.1) is 6.92 Å². The van der Waals surface area contributed by atoms with Crippen LogP contribution in [-0.2, 0) is 12.8 Å². The lowest BCUT2D eigenvalue weighted by Crippen LogP contribution is -2.37. The number of pyridine rings is 1. The normalized spacial score (nSPS) is 15.3. The molecule has 9 heteroatoms. The van der Waals surface area contributed by atoms with Crippen LogP contribution in [0.3, 0.4) is 0 Å². The summed E-state index contributed by atoms with van der Waals surface area (Å²) in [4.78, 5) is 21.5. The van der Waals surface area contributed by atoms with Gasteiger partial charge in [-0.1, -0.05) is 48.0 Å². The van der Waals surface area contributed by atoms with Crippen molar-refractivity contribution in [3.05, 3.63) is 88.3 Å². The molecule has 1 fully saturated rings. The SMILES string of the molecule is Cc1ccc(-c2nn(CN3CCCN(c4ccc(C(F)(F)F)cn4)CC3)c(=O)c3ccccc23)cc1. The Bertz CT molecular complexity index is 1420. The van der Waals surface area contributed by atoms with Gasteiger partial charge in [-0.25, -0.2) is 9.67 Å². The van der Waals surface area contributed by atoms with E-state index in [4.69, 9.17) is 5.10 Å². The molecule has 0 amide bonds. The smallest absolute Gasteiger partial charge is 0.355 e. The lowest BCUT2D eigenvalue weighted by molar-refractivity contribution is -0.137. The molecule has 3 heterocycles. The summed E-state index contributed by atoms with van der Waals surface area (Å²) in [5, 5.41) is 6.20. The maximum Gasteiger partial charge on any atom is 0.417 e. The van der Waals surface area contributed by atoms with E-state index in [1.165, 1.54) is 10.7 Å². The predicted molar refractivity (Wildman–Crippen MR) is 134 cm³/mol. The molecule has 0 aliphatic carbocycles. The van der Waals surface area contributed by atoms with Crippen LogP contribution in [0.1, 0.15) is 17.5 Å². The number of hydrogen-bond donors (Lipinski definition) is 0. The van der Waals surface area contributed by atoms with Crippen LogP contribution in [0.2, 0.25) is 0 Å². The highest BCUT2D eigenvalue weighted by Crippen LogP contribution is 2.29. The number of fused-ring (bicyclic) bond motifs is 1. The lowest BCUT2D eigenvalue weighted by Gasteiger charge is -2.23. The fourth-order valence-electron chi connectivity index (χ4n) is 4.53. The molecule has 0 N–H and O–H groups in total. The number of aryl methyl sites for hydroxylation is 1. The third-order valence-corrected chi connectivity index (χ3v) is 6.51. The van der Waals surface area contributed by atoms with E-state index in [1.54, 1.807) is 0 Å². The Morgan fingerprint density at radius 3 is 2.33 bits per heavy atom. The number of aromatic nitrogens is 3. The summed E-state index contributed by atoms with van der Waals surface area (Å²) in [5.74, 6) is 0.521. The topological polar surface area (TPSA) is 54.3 Å². The molecule has 0 unspecified atom stereocenters. The van der Waals surface area contributed by atoms with Gasteiger partial charge in [-0.3, -0.25) is 9.69 Å². The van der Waals surface area contributed by atoms with E-state index >= 15 is 0 Å². The van der Waals surface area contributed by atoms with Crippen molar-refractivity contribution in [2.24, 2.45) is 0 Å². The summed E-state index contributed by atoms with van der Waals surface area (Å²) >= 11 is 0. The molecule has 186 valence electrons. The van der Waals surface area contributed by atoms with E-state index in [2.05, 4.69) is 9.88 Å². The summed E-state index contributed by atoms with van der Waals surface area (Å²) in [7, 11) is 0. The van der Waals surface area contributed by atoms with E-state index in [9.17, 15) is 18.0 Å². The molecule has 0 saturated carbocycles. The monoisotopic (exact) mass is 493 g/mol. The van der Waals surface area contributed by atoms with Gasteiger partial charge in [0.25, 0.3) is 5.56 Å². The summed E-state index contributed by atoms with van der Waals surface area (Å²) in [6.45, 7) is 4.98. The molecule has 5 rings (SSSR count). The summed E-state index contributed by atoms with van der Waals surface area (Å²) in [6, 6.07) is 18.1. The second kappa shape index (κ2) is 9.73. The van der Waals surface area contributed by atoms with Crippen molar-refractivity contribution in [1.29, 1.82) is 0 Å². The third-order valence-electron chi connectivity index (χ3n) is 6.51. The number of hydrogen-bond acceptors (Lipinski definition) is 5. The van der Waals surface area contributed by atoms with Crippen LogP contribution < -0.4 is 10.5 Å². The number of benzene rings is 2. The van der Waals surface area contributed by atoms with E-state index in [1.807, 2.05) is 60.4 Å². The Morgan fingerprint density at radius 2 is 1.64 bits per heavy atom. The van der Waals surface area contributed by atoms with Crippen molar-refractivity contribution in [3.8, 4) is 11.3 Å². The third kappa shape index (κ3) is 4.97. The summed E-state index contributed by atoms with van der Waals surface area (Å²) in [6.07, 6.45) is -2.74. The largest absolute Gasteiger partial charge is 0.417 e. The first-order valence-electron chi connectivity index (χ1n) is 11.9. The minimum atomic E-state index is -4.40. The number of alkyl halides is 3. The van der Waals surface area contributed by atoms with Crippen LogP contribution >= 0.6 is 0 Å². The van der Waals surface area contributed by atoms with E-state index in [-0.39, 0.29) is 5.56 Å². The van der Waals surface area contributed by atoms with Gasteiger partial charge >= 0.3 is 6.18 Å². The molecule has 4 aromatic rings. The summed E-state index contributed by atoms with van der Waals surface area (Å²) in [5.41, 5.74) is 1.95. The van der Waals surface area contributed by atoms with Gasteiger partial charge < -0.3 is 4.90 Å². The molecule has 36 heavy (non-hydrogen) atoms. The van der Waals surface area contributed by atoms with Crippen LogP contribution in [-0.4, -0.2) is 45.8 Å². The highest BCUT2D eigenvalue weighted by molar-refractivity contribution is 5.93. The molecular weight excluding hydrogens is 467 g/mol. The van der Waals surface area contributed by atoms with Gasteiger partial charge in [-0.2, -0.15) is 18.3 Å². The minimum Gasteiger partial charge on any atom is -0.355 e. The Kier molecular flexibility index (Phi) is 6.49. The quantitative estimate of drug-likeness (QED) is 0.403. The Balaban J connectivity index is 1.38. The predicted octanol–water partition coefficient (Wildman–Crippen LogP) is 4.96. The first-order valence-corrected chi connectivity index (χ1v) is 11.9. The van der Waals surface area contributed by atoms with E-state index < -0.39 is 11.7 Å². The Morgan fingerprint density at radius 1 is 0.889 bits per heavy atom. The molecule has 1 aliphatic rings. The average Bonchev–Trinajstić information content (AvgIpc) is 3.11. The summed E-state index contributed by atoms with van der Waals surface area (Å²) < 4.78 is 40.1. The van der Waals surface area contributed by atoms with Crippen LogP contribution in [0.5, 0.6) is 0 Å². The Labute approximate surface area is 206 Å². The van der Waals surface area contributed by atoms with Gasteiger partial charge in [0.05, 0.1) is 23.3 Å². The zero-order chi connectivity index (χ0) is 25.3. The van der Waals surface area contributed by atoms with Crippen molar-refractivity contribution in [2.45, 2.75) is 26.2 Å². The van der Waals surface area contributed by atoms with Crippen molar-refractivity contribution in [3.63, 3.8) is 0 Å². The molecular formula is C27H26F3N5O. The highest BCUT2D eigenvalue weighted by atomic mass is 19.4. The van der Waals surface area contributed by atoms with Gasteiger partial charge in [0, 0.05) is 43.3 Å². The Hall–Kier alpha value is -3.72. The van der Waals surface area contributed by atoms with E-state index in [0.29, 0.717) is 37.5 Å². The van der Waals surface area contributed by atoms with Crippen molar-refractivity contribution in [2.75, 3.05) is 31.1 Å². The fraction of sp³-hybridized carbons (Fsp3) is 0.296. The number of anilines is 1. The average molecular weight is 494 g/mol. The first-order chi connectivity index (χ1) is 17.3. The van der Waals surface area contributed by atoms with Crippen molar-refractivity contribution < 1.29 is 13.2 Å². The lowest BCUT2D eigenvalue weighted by atomic mass is 10.0. The number of rotatable bonds is 4. The molecule has 2 aromatic carbocycles. The van der Waals surface area contributed by atoms with Gasteiger partial charge in [-0.05, 0) is 31.5 Å². The molecule has 0 spiro atoms. The van der Waals surface area contributed by atoms with Crippen LogP contribution in [0.4, 0.5) is 19.0 Å². The number of nitrogens with zero attached hydrogens (tertiary/aromatic N) is 5. The maximum absolute atomic E-state index is 13.3. The number of halogens is 3. The van der Waals surface area contributed by atoms with Crippen molar-refractivity contribution in [1.82, 2.24) is 19.7 Å². The highest BCUT2D eigenvalue weighted by Gasteiger charge is 2.31. The van der Waals surface area contributed by atoms with Crippen LogP contribution in [0.25, 0.3) is 22.0 Å². The minimum absolute atomic E-state index is 0.146. The molecule has 0 bridgehead atoms. The van der Waals surface area contributed by atoms with Crippen molar-refractivity contribution >= 4 is 16.6 Å². The molecule has 0 radical (unpaired) electrons. The van der Waals surface area contributed by atoms with Gasteiger partial charge in [-0.15, -0.1) is 0 Å². The molecule has 1 saturated heterocycles. The molecule has 1 aliphatic heterocycles. The van der Waals surface area contributed by atoms with Crippen LogP contribution in [0.15, 0.2) is 71.7 Å². The maximum atomic E-state index is 13.3. The second-order valence-corrected chi connectivity index (χ2v) is 9.07. The van der Waals surface area contributed by atoms with Gasteiger partial charge in [0.15, 0.2) is 0 Å². The van der Waals surface area contributed by atoms with E-state index in [0.717, 1.165) is 47.4 Å². The molecule has 2 aromatic heterocycles. The van der Waals surface area contributed by atoms with Gasteiger partial charge in [0.1, 0.15) is 5.82 Å². The zero-order valence-corrected chi connectivity index (χ0v) is 19.9. The standard InChI is InChI=1S/C27H26F3N5O/c1-19-7-9-20(10-8-19)25-22-5-2-3-6-23(22)26(36)35(32-25)18-33-13-4-14-34(16-15-33)24-12-11-21(17-31-24)27(28,29)30/h2-3,5-12,17H,4,13-16,18H2,1H3. The van der Waals surface area contributed by atoms with Gasteiger partial charge in [0.2, 0.25) is 0 Å². The fourth-order valence-corrected chi connectivity index (χ4v) is 4.53.